The highest BCUT2D eigenvalue weighted by Crippen LogP contribution is 2.29. The summed E-state index contributed by atoms with van der Waals surface area (Å²) in [5.74, 6) is -1.49. The van der Waals surface area contributed by atoms with E-state index in [2.05, 4.69) is 10.1 Å². The molecule has 1 N–H and O–H groups in total. The first-order chi connectivity index (χ1) is 12.4. The van der Waals surface area contributed by atoms with Gasteiger partial charge in [-0.15, -0.1) is 11.3 Å². The number of hydrogen-bond donors (Lipinski definition) is 1. The van der Waals surface area contributed by atoms with Crippen molar-refractivity contribution in [3.63, 3.8) is 0 Å². The van der Waals surface area contributed by atoms with Crippen LogP contribution in [-0.2, 0) is 16.1 Å². The molecule has 1 aromatic heterocycles. The van der Waals surface area contributed by atoms with E-state index in [1.54, 1.807) is 0 Å². The molecule has 2 rings (SSSR count). The van der Waals surface area contributed by atoms with Gasteiger partial charge in [0.2, 0.25) is 0 Å². The van der Waals surface area contributed by atoms with Crippen LogP contribution in [0.4, 0.5) is 8.78 Å². The average Bonchev–Trinajstić information content (AvgIpc) is 3.12. The Balaban J connectivity index is 1.96. The predicted octanol–water partition coefficient (Wildman–Crippen LogP) is 3.22. The minimum absolute atomic E-state index is 0.0429. The number of carbonyl (C=O) groups excluding carboxylic acids is 2. The monoisotopic (exact) mass is 385 g/mol. The molecule has 0 spiro atoms. The van der Waals surface area contributed by atoms with E-state index in [4.69, 9.17) is 9.47 Å². The number of amides is 1. The van der Waals surface area contributed by atoms with Crippen LogP contribution < -0.4 is 14.8 Å². The third-order valence-corrected chi connectivity index (χ3v) is 4.16. The van der Waals surface area contributed by atoms with Gasteiger partial charge in [-0.3, -0.25) is 4.79 Å². The molecule has 0 unspecified atom stereocenters. The molecule has 0 saturated heterocycles. The highest BCUT2D eigenvalue weighted by atomic mass is 32.1. The fourth-order valence-corrected chi connectivity index (χ4v) is 2.65. The smallest absolute Gasteiger partial charge is 0.387 e. The zero-order chi connectivity index (χ0) is 19.1. The van der Waals surface area contributed by atoms with E-state index >= 15 is 0 Å². The number of nitrogens with one attached hydrogen (secondary N) is 1. The lowest BCUT2D eigenvalue weighted by Crippen LogP contribution is -2.35. The van der Waals surface area contributed by atoms with Gasteiger partial charge in [0, 0.05) is 4.88 Å². The predicted molar refractivity (Wildman–Crippen MR) is 90.7 cm³/mol. The third-order valence-electron chi connectivity index (χ3n) is 3.29. The number of methoxy groups -OCH3 is 1. The summed E-state index contributed by atoms with van der Waals surface area (Å²) >= 11 is 1.50. The largest absolute Gasteiger partial charge is 0.493 e. The molecular weight excluding hydrogens is 368 g/mol. The Morgan fingerprint density at radius 1 is 1.23 bits per heavy atom. The quantitative estimate of drug-likeness (QED) is 0.707. The molecule has 0 radical (unpaired) electrons. The number of esters is 1. The molecule has 0 aliphatic carbocycles. The number of ether oxygens (including phenoxy) is 3. The minimum atomic E-state index is -3.02. The molecule has 26 heavy (non-hydrogen) atoms. The van der Waals surface area contributed by atoms with Gasteiger partial charge in [-0.2, -0.15) is 8.78 Å². The lowest BCUT2D eigenvalue weighted by molar-refractivity contribution is -0.129. The van der Waals surface area contributed by atoms with Crippen molar-refractivity contribution in [3.8, 4) is 11.5 Å². The van der Waals surface area contributed by atoms with Gasteiger partial charge in [0.15, 0.2) is 17.6 Å². The third kappa shape index (κ3) is 5.41. The van der Waals surface area contributed by atoms with E-state index in [-0.39, 0.29) is 17.1 Å². The number of hydrogen-bond acceptors (Lipinski definition) is 6. The number of thiophene rings is 1. The zero-order valence-electron chi connectivity index (χ0n) is 14.0. The van der Waals surface area contributed by atoms with Crippen molar-refractivity contribution >= 4 is 23.2 Å². The first-order valence-electron chi connectivity index (χ1n) is 7.54. The van der Waals surface area contributed by atoms with E-state index in [1.165, 1.54) is 43.6 Å². The van der Waals surface area contributed by atoms with Gasteiger partial charge in [-0.25, -0.2) is 4.79 Å². The highest BCUT2D eigenvalue weighted by Gasteiger charge is 2.20. The van der Waals surface area contributed by atoms with E-state index in [1.807, 2.05) is 17.5 Å². The molecule has 6 nitrogen and oxygen atoms in total. The van der Waals surface area contributed by atoms with Crippen LogP contribution in [0.3, 0.4) is 0 Å². The molecule has 0 aliphatic rings. The van der Waals surface area contributed by atoms with Crippen LogP contribution in [0.2, 0.25) is 0 Å². The first kappa shape index (κ1) is 19.6. The molecule has 1 atom stereocenters. The van der Waals surface area contributed by atoms with Crippen molar-refractivity contribution in [1.29, 1.82) is 0 Å². The molecule has 0 aliphatic heterocycles. The maximum atomic E-state index is 12.3. The maximum Gasteiger partial charge on any atom is 0.387 e. The molecule has 2 aromatic rings. The van der Waals surface area contributed by atoms with Crippen molar-refractivity contribution in [2.24, 2.45) is 0 Å². The molecule has 140 valence electrons. The van der Waals surface area contributed by atoms with Crippen LogP contribution >= 0.6 is 11.3 Å². The lowest BCUT2D eigenvalue weighted by Gasteiger charge is -2.14. The van der Waals surface area contributed by atoms with E-state index < -0.39 is 24.6 Å². The molecule has 0 bridgehead atoms. The Hall–Kier alpha value is -2.68. The summed E-state index contributed by atoms with van der Waals surface area (Å²) in [6.45, 7) is -1.24. The van der Waals surface area contributed by atoms with E-state index in [0.29, 0.717) is 6.54 Å². The van der Waals surface area contributed by atoms with Gasteiger partial charge >= 0.3 is 12.6 Å². The van der Waals surface area contributed by atoms with E-state index in [0.717, 1.165) is 4.88 Å². The summed E-state index contributed by atoms with van der Waals surface area (Å²) in [7, 11) is 1.25. The summed E-state index contributed by atoms with van der Waals surface area (Å²) in [6.07, 6.45) is -1.02. The van der Waals surface area contributed by atoms with Crippen molar-refractivity contribution in [2.75, 3.05) is 7.11 Å². The second-order valence-corrected chi connectivity index (χ2v) is 6.12. The van der Waals surface area contributed by atoms with Gasteiger partial charge in [-0.05, 0) is 36.6 Å². The lowest BCUT2D eigenvalue weighted by atomic mass is 10.2. The fraction of sp³-hybridized carbons (Fsp3) is 0.294. The van der Waals surface area contributed by atoms with E-state index in [9.17, 15) is 18.4 Å². The SMILES string of the molecule is COc1cc(C(=O)O[C@@H](C)C(=O)NCc2cccs2)ccc1OC(F)F. The number of benzene rings is 1. The summed E-state index contributed by atoms with van der Waals surface area (Å²) in [4.78, 5) is 25.1. The molecule has 0 fully saturated rings. The van der Waals surface area contributed by atoms with Crippen molar-refractivity contribution in [1.82, 2.24) is 5.32 Å². The second-order valence-electron chi connectivity index (χ2n) is 5.09. The fourth-order valence-electron chi connectivity index (χ4n) is 2.00. The Morgan fingerprint density at radius 3 is 2.62 bits per heavy atom. The summed E-state index contributed by atoms with van der Waals surface area (Å²) in [6, 6.07) is 7.36. The molecule has 1 amide bonds. The van der Waals surface area contributed by atoms with Gasteiger partial charge in [-0.1, -0.05) is 6.07 Å². The van der Waals surface area contributed by atoms with Crippen LogP contribution in [0, 0.1) is 0 Å². The van der Waals surface area contributed by atoms with Crippen molar-refractivity contribution in [3.05, 3.63) is 46.2 Å². The Bertz CT molecular complexity index is 752. The summed E-state index contributed by atoms with van der Waals surface area (Å²) in [5, 5.41) is 4.55. The molecular formula is C17H17F2NO5S. The summed E-state index contributed by atoms with van der Waals surface area (Å²) in [5.41, 5.74) is 0.0429. The molecule has 1 aromatic carbocycles. The van der Waals surface area contributed by atoms with Gasteiger partial charge in [0.25, 0.3) is 5.91 Å². The minimum Gasteiger partial charge on any atom is -0.493 e. The number of halogens is 2. The molecule has 0 saturated carbocycles. The second kappa shape index (κ2) is 9.14. The number of rotatable bonds is 8. The van der Waals surface area contributed by atoms with Crippen LogP contribution in [-0.4, -0.2) is 31.7 Å². The highest BCUT2D eigenvalue weighted by molar-refractivity contribution is 7.09. The maximum absolute atomic E-state index is 12.3. The zero-order valence-corrected chi connectivity index (χ0v) is 14.8. The standard InChI is InChI=1S/C17H17F2NO5S/c1-10(15(21)20-9-12-4-3-7-26-12)24-16(22)11-5-6-13(25-17(18)19)14(8-11)23-2/h3-8,10,17H,9H2,1-2H3,(H,20,21)/t10-/m0/s1. The van der Waals surface area contributed by atoms with Crippen molar-refractivity contribution < 1.29 is 32.6 Å². The Kier molecular flexibility index (Phi) is 6.90. The molecule has 9 heteroatoms. The van der Waals surface area contributed by atoms with Crippen LogP contribution in [0.25, 0.3) is 0 Å². The molecule has 1 heterocycles. The average molecular weight is 385 g/mol. The van der Waals surface area contributed by atoms with Crippen LogP contribution in [0.15, 0.2) is 35.7 Å². The van der Waals surface area contributed by atoms with Crippen LogP contribution in [0.1, 0.15) is 22.2 Å². The number of carbonyl (C=O) groups is 2. The summed E-state index contributed by atoms with van der Waals surface area (Å²) < 4.78 is 38.9. The normalized spacial score (nSPS) is 11.7. The van der Waals surface area contributed by atoms with Gasteiger partial charge in [0.1, 0.15) is 0 Å². The van der Waals surface area contributed by atoms with Crippen molar-refractivity contribution in [2.45, 2.75) is 26.2 Å². The Labute approximate surface area is 152 Å². The number of alkyl halides is 2. The Morgan fingerprint density at radius 2 is 2.00 bits per heavy atom. The van der Waals surface area contributed by atoms with Gasteiger partial charge in [0.05, 0.1) is 19.2 Å². The topological polar surface area (TPSA) is 73.9 Å². The van der Waals surface area contributed by atoms with Gasteiger partial charge < -0.3 is 19.5 Å². The van der Waals surface area contributed by atoms with Crippen LogP contribution in [0.5, 0.6) is 11.5 Å². The first-order valence-corrected chi connectivity index (χ1v) is 8.42.